The van der Waals surface area contributed by atoms with Crippen molar-refractivity contribution in [2.45, 2.75) is 39.7 Å². The van der Waals surface area contributed by atoms with Gasteiger partial charge in [-0.05, 0) is 18.4 Å². The van der Waals surface area contributed by atoms with Crippen LogP contribution in [0.1, 0.15) is 38.7 Å². The number of esters is 1. The third-order valence-corrected chi connectivity index (χ3v) is 3.03. The molecule has 0 spiro atoms. The van der Waals surface area contributed by atoms with E-state index >= 15 is 0 Å². The molecule has 122 valence electrons. The van der Waals surface area contributed by atoms with Crippen molar-refractivity contribution in [2.24, 2.45) is 5.92 Å². The van der Waals surface area contributed by atoms with Gasteiger partial charge in [0.2, 0.25) is 5.91 Å². The van der Waals surface area contributed by atoms with E-state index in [1.54, 1.807) is 7.11 Å². The van der Waals surface area contributed by atoms with Crippen LogP contribution in [-0.2, 0) is 20.9 Å². The fourth-order valence-electron chi connectivity index (χ4n) is 1.86. The zero-order valence-corrected chi connectivity index (χ0v) is 13.6. The Morgan fingerprint density at radius 3 is 2.59 bits per heavy atom. The minimum atomic E-state index is -0.244. The lowest BCUT2D eigenvalue weighted by atomic mass is 10.2. The highest BCUT2D eigenvalue weighted by Crippen LogP contribution is 2.16. The van der Waals surface area contributed by atoms with Gasteiger partial charge in [-0.1, -0.05) is 32.0 Å². The first-order valence-corrected chi connectivity index (χ1v) is 7.57. The summed E-state index contributed by atoms with van der Waals surface area (Å²) in [6.07, 6.45) is 1.08. The molecule has 0 saturated heterocycles. The standard InChI is InChI=1S/C17H25NO4/c1-13(2)12-22-17(20)10-6-9-16(19)18-11-14-7-4-5-8-15(14)21-3/h4-5,7-8,13H,6,9-12H2,1-3H3,(H,18,19). The third kappa shape index (κ3) is 7.11. The third-order valence-electron chi connectivity index (χ3n) is 3.03. The van der Waals surface area contributed by atoms with E-state index in [1.807, 2.05) is 38.1 Å². The van der Waals surface area contributed by atoms with Crippen LogP contribution in [0.2, 0.25) is 0 Å². The molecule has 0 bridgehead atoms. The van der Waals surface area contributed by atoms with E-state index in [1.165, 1.54) is 0 Å². The van der Waals surface area contributed by atoms with E-state index in [4.69, 9.17) is 9.47 Å². The van der Waals surface area contributed by atoms with Gasteiger partial charge >= 0.3 is 5.97 Å². The molecule has 1 amide bonds. The molecule has 0 aromatic heterocycles. The van der Waals surface area contributed by atoms with Crippen LogP contribution in [0.4, 0.5) is 0 Å². The largest absolute Gasteiger partial charge is 0.496 e. The van der Waals surface area contributed by atoms with Gasteiger partial charge in [-0.15, -0.1) is 0 Å². The molecule has 1 aromatic carbocycles. The van der Waals surface area contributed by atoms with Crippen LogP contribution in [0.15, 0.2) is 24.3 Å². The fourth-order valence-corrected chi connectivity index (χ4v) is 1.86. The van der Waals surface area contributed by atoms with Gasteiger partial charge in [-0.25, -0.2) is 0 Å². The van der Waals surface area contributed by atoms with E-state index in [9.17, 15) is 9.59 Å². The van der Waals surface area contributed by atoms with Crippen molar-refractivity contribution >= 4 is 11.9 Å². The second-order valence-electron chi connectivity index (χ2n) is 5.52. The molecule has 0 heterocycles. The van der Waals surface area contributed by atoms with Gasteiger partial charge in [0.05, 0.1) is 13.7 Å². The predicted molar refractivity (Wildman–Crippen MR) is 84.5 cm³/mol. The molecule has 0 atom stereocenters. The van der Waals surface area contributed by atoms with Gasteiger partial charge in [0, 0.05) is 24.9 Å². The molecule has 5 nitrogen and oxygen atoms in total. The Bertz CT molecular complexity index is 485. The zero-order chi connectivity index (χ0) is 16.4. The summed E-state index contributed by atoms with van der Waals surface area (Å²) in [5.74, 6) is 0.752. The highest BCUT2D eigenvalue weighted by molar-refractivity contribution is 5.77. The average molecular weight is 307 g/mol. The first kappa shape index (κ1) is 18.0. The SMILES string of the molecule is COc1ccccc1CNC(=O)CCCC(=O)OCC(C)C. The topological polar surface area (TPSA) is 64.6 Å². The number of nitrogens with one attached hydrogen (secondary N) is 1. The second-order valence-corrected chi connectivity index (χ2v) is 5.52. The Hall–Kier alpha value is -2.04. The number of amides is 1. The minimum Gasteiger partial charge on any atom is -0.496 e. The predicted octanol–water partition coefficient (Wildman–Crippen LogP) is 2.68. The number of benzene rings is 1. The van der Waals surface area contributed by atoms with E-state index in [2.05, 4.69) is 5.32 Å². The lowest BCUT2D eigenvalue weighted by molar-refractivity contribution is -0.144. The number of methoxy groups -OCH3 is 1. The average Bonchev–Trinajstić information content (AvgIpc) is 2.51. The smallest absolute Gasteiger partial charge is 0.305 e. The highest BCUT2D eigenvalue weighted by Gasteiger charge is 2.08. The molecule has 1 aromatic rings. The summed E-state index contributed by atoms with van der Waals surface area (Å²) >= 11 is 0. The summed E-state index contributed by atoms with van der Waals surface area (Å²) in [6, 6.07) is 7.54. The number of ether oxygens (including phenoxy) is 2. The van der Waals surface area contributed by atoms with Gasteiger partial charge in [0.15, 0.2) is 0 Å². The van der Waals surface area contributed by atoms with Crippen LogP contribution in [0.5, 0.6) is 5.75 Å². The van der Waals surface area contributed by atoms with Crippen molar-refractivity contribution in [3.05, 3.63) is 29.8 Å². The molecule has 0 aliphatic rings. The Morgan fingerprint density at radius 2 is 1.91 bits per heavy atom. The summed E-state index contributed by atoms with van der Waals surface area (Å²) in [7, 11) is 1.60. The lowest BCUT2D eigenvalue weighted by Gasteiger charge is -2.09. The van der Waals surface area contributed by atoms with Crippen LogP contribution in [0.25, 0.3) is 0 Å². The molecular formula is C17H25NO4. The lowest BCUT2D eigenvalue weighted by Crippen LogP contribution is -2.23. The molecule has 1 N–H and O–H groups in total. The number of carbonyl (C=O) groups is 2. The molecule has 22 heavy (non-hydrogen) atoms. The summed E-state index contributed by atoms with van der Waals surface area (Å²) < 4.78 is 10.3. The maximum Gasteiger partial charge on any atom is 0.305 e. The maximum atomic E-state index is 11.8. The number of para-hydroxylation sites is 1. The summed E-state index contributed by atoms with van der Waals surface area (Å²) in [4.78, 5) is 23.2. The van der Waals surface area contributed by atoms with Crippen molar-refractivity contribution in [3.63, 3.8) is 0 Å². The summed E-state index contributed by atoms with van der Waals surface area (Å²) in [5, 5.41) is 2.83. The van der Waals surface area contributed by atoms with Crippen molar-refractivity contribution < 1.29 is 19.1 Å². The zero-order valence-electron chi connectivity index (χ0n) is 13.6. The van der Waals surface area contributed by atoms with Crippen molar-refractivity contribution in [3.8, 4) is 5.75 Å². The quantitative estimate of drug-likeness (QED) is 0.712. The van der Waals surface area contributed by atoms with E-state index < -0.39 is 0 Å². The fraction of sp³-hybridized carbons (Fsp3) is 0.529. The first-order chi connectivity index (χ1) is 10.5. The summed E-state index contributed by atoms with van der Waals surface area (Å²) in [6.45, 7) is 4.82. The van der Waals surface area contributed by atoms with Crippen LogP contribution in [0, 0.1) is 5.92 Å². The van der Waals surface area contributed by atoms with Crippen LogP contribution < -0.4 is 10.1 Å². The normalized spacial score (nSPS) is 10.4. The van der Waals surface area contributed by atoms with Gasteiger partial charge < -0.3 is 14.8 Å². The van der Waals surface area contributed by atoms with E-state index in [-0.39, 0.29) is 18.3 Å². The Kier molecular flexibility index (Phi) is 8.04. The van der Waals surface area contributed by atoms with Crippen LogP contribution >= 0.6 is 0 Å². The molecule has 5 heteroatoms. The molecule has 0 aliphatic carbocycles. The number of hydrogen-bond donors (Lipinski definition) is 1. The minimum absolute atomic E-state index is 0.0810. The van der Waals surface area contributed by atoms with Gasteiger partial charge in [0.25, 0.3) is 0 Å². The molecule has 1 rings (SSSR count). The second kappa shape index (κ2) is 9.82. The monoisotopic (exact) mass is 307 g/mol. The first-order valence-electron chi connectivity index (χ1n) is 7.57. The highest BCUT2D eigenvalue weighted by atomic mass is 16.5. The molecule has 0 saturated carbocycles. The molecule has 0 radical (unpaired) electrons. The van der Waals surface area contributed by atoms with Crippen molar-refractivity contribution in [1.82, 2.24) is 5.32 Å². The Labute approximate surface area is 132 Å². The maximum absolute atomic E-state index is 11.8. The van der Waals surface area contributed by atoms with Crippen molar-refractivity contribution in [2.75, 3.05) is 13.7 Å². The van der Waals surface area contributed by atoms with Crippen LogP contribution in [-0.4, -0.2) is 25.6 Å². The molecule has 0 fully saturated rings. The van der Waals surface area contributed by atoms with Gasteiger partial charge in [0.1, 0.15) is 5.75 Å². The van der Waals surface area contributed by atoms with Crippen LogP contribution in [0.3, 0.4) is 0 Å². The van der Waals surface area contributed by atoms with E-state index in [0.29, 0.717) is 31.9 Å². The molecular weight excluding hydrogens is 282 g/mol. The van der Waals surface area contributed by atoms with E-state index in [0.717, 1.165) is 11.3 Å². The Morgan fingerprint density at radius 1 is 1.18 bits per heavy atom. The van der Waals surface area contributed by atoms with Gasteiger partial charge in [-0.3, -0.25) is 9.59 Å². The Balaban J connectivity index is 2.22. The summed E-state index contributed by atoms with van der Waals surface area (Å²) in [5.41, 5.74) is 0.926. The molecule has 0 unspecified atom stereocenters. The van der Waals surface area contributed by atoms with Crippen molar-refractivity contribution in [1.29, 1.82) is 0 Å². The number of carbonyl (C=O) groups excluding carboxylic acids is 2. The van der Waals surface area contributed by atoms with Gasteiger partial charge in [-0.2, -0.15) is 0 Å². The number of rotatable bonds is 9. The number of hydrogen-bond acceptors (Lipinski definition) is 4. The molecule has 0 aliphatic heterocycles.